The van der Waals surface area contributed by atoms with Crippen molar-refractivity contribution in [3.63, 3.8) is 0 Å². The lowest BCUT2D eigenvalue weighted by Crippen LogP contribution is -2.60. The summed E-state index contributed by atoms with van der Waals surface area (Å²) in [6.45, 7) is 3.64. The van der Waals surface area contributed by atoms with E-state index in [1.165, 1.54) is 57.8 Å². The Bertz CT molecular complexity index is 1340. The molecule has 0 bridgehead atoms. The van der Waals surface area contributed by atoms with Gasteiger partial charge in [0.15, 0.2) is 12.4 Å². The lowest BCUT2D eigenvalue weighted by Gasteiger charge is -2.40. The summed E-state index contributed by atoms with van der Waals surface area (Å²) in [6, 6.07) is 0. The molecule has 13 heteroatoms. The summed E-state index contributed by atoms with van der Waals surface area (Å²) in [4.78, 5) is 25.4. The van der Waals surface area contributed by atoms with Crippen LogP contribution in [-0.4, -0.2) is 96.0 Å². The maximum Gasteiger partial charge on any atom is 0.306 e. The van der Waals surface area contributed by atoms with E-state index in [4.69, 9.17) is 18.9 Å². The number of unbranched alkanes of at least 4 members (excludes halogenated alkanes) is 15. The van der Waals surface area contributed by atoms with Gasteiger partial charge in [-0.05, 0) is 77.0 Å². The highest BCUT2D eigenvalue weighted by molar-refractivity contribution is 7.85. The van der Waals surface area contributed by atoms with Crippen LogP contribution in [0.3, 0.4) is 0 Å². The Labute approximate surface area is 362 Å². The number of rotatable bonds is 37. The molecule has 12 nitrogen and oxygen atoms in total. The summed E-state index contributed by atoms with van der Waals surface area (Å²) in [7, 11) is -4.61. The highest BCUT2D eigenvalue weighted by Gasteiger charge is 2.46. The minimum atomic E-state index is -4.61. The summed E-state index contributed by atoms with van der Waals surface area (Å²) in [6.07, 6.45) is 35.5. The highest BCUT2D eigenvalue weighted by atomic mass is 32.2. The first kappa shape index (κ1) is 55.4. The number of carbonyl (C=O) groups is 2. The third kappa shape index (κ3) is 31.2. The summed E-state index contributed by atoms with van der Waals surface area (Å²) < 4.78 is 54.0. The summed E-state index contributed by atoms with van der Waals surface area (Å²) >= 11 is 0. The number of aliphatic hydroxyl groups is 3. The van der Waals surface area contributed by atoms with Gasteiger partial charge in [0.25, 0.3) is 10.1 Å². The Balaban J connectivity index is 2.49. The fourth-order valence-electron chi connectivity index (χ4n) is 6.48. The number of ether oxygens (including phenoxy) is 4. The molecule has 1 aliphatic heterocycles. The van der Waals surface area contributed by atoms with Crippen LogP contribution in [0.2, 0.25) is 0 Å². The van der Waals surface area contributed by atoms with E-state index in [0.717, 1.165) is 70.6 Å². The second-order valence-electron chi connectivity index (χ2n) is 15.7. The zero-order valence-electron chi connectivity index (χ0n) is 36.8. The standard InChI is InChI=1S/C47H80O12S/c1-3-5-7-9-11-13-15-17-19-20-22-23-25-27-29-31-33-35-42(48)56-37-40(38-57-47-46(52)45(51)44(50)41(59-47)39-60(53,54)55)58-43(49)36-34-32-30-28-26-24-21-18-16-14-12-10-8-6-4-2/h7,9,13,15,19-20,23-26,40-41,44-47,50-52H,3-6,8,10-12,14,16-18,21-22,27-39H2,1-2H3,(H,53,54,55)/b9-7+,15-13+,20-19+,25-23+,26-24+/t40-,41-,44-,45?,46?,47+/m1/s1. The van der Waals surface area contributed by atoms with Crippen LogP contribution in [0.1, 0.15) is 168 Å². The molecule has 0 aromatic carbocycles. The summed E-state index contributed by atoms with van der Waals surface area (Å²) in [5.74, 6) is -2.05. The van der Waals surface area contributed by atoms with Crippen molar-refractivity contribution in [1.82, 2.24) is 0 Å². The maximum absolute atomic E-state index is 12.8. The molecule has 1 heterocycles. The van der Waals surface area contributed by atoms with E-state index < -0.39 is 71.2 Å². The predicted molar refractivity (Wildman–Crippen MR) is 238 cm³/mol. The minimum absolute atomic E-state index is 0.135. The molecule has 2 unspecified atom stereocenters. The molecular weight excluding hydrogens is 789 g/mol. The first-order chi connectivity index (χ1) is 29.0. The van der Waals surface area contributed by atoms with Crippen molar-refractivity contribution < 1.29 is 56.8 Å². The van der Waals surface area contributed by atoms with E-state index in [9.17, 15) is 37.9 Å². The molecule has 6 atom stereocenters. The maximum atomic E-state index is 12.8. The van der Waals surface area contributed by atoms with Crippen molar-refractivity contribution >= 4 is 22.1 Å². The lowest BCUT2D eigenvalue weighted by molar-refractivity contribution is -0.297. The molecule has 0 saturated carbocycles. The van der Waals surface area contributed by atoms with Crippen molar-refractivity contribution in [2.45, 2.75) is 205 Å². The molecule has 0 amide bonds. The van der Waals surface area contributed by atoms with Gasteiger partial charge in [-0.2, -0.15) is 8.42 Å². The van der Waals surface area contributed by atoms with Crippen LogP contribution in [0.25, 0.3) is 0 Å². The van der Waals surface area contributed by atoms with Crippen LogP contribution < -0.4 is 0 Å². The van der Waals surface area contributed by atoms with Gasteiger partial charge in [0.1, 0.15) is 36.8 Å². The fraction of sp³-hybridized carbons (Fsp3) is 0.745. The monoisotopic (exact) mass is 869 g/mol. The number of aliphatic hydroxyl groups excluding tert-OH is 3. The van der Waals surface area contributed by atoms with Gasteiger partial charge in [-0.15, -0.1) is 0 Å². The smallest absolute Gasteiger partial charge is 0.306 e. The second-order valence-corrected chi connectivity index (χ2v) is 17.2. The second kappa shape index (κ2) is 37.0. The van der Waals surface area contributed by atoms with Crippen LogP contribution in [0.5, 0.6) is 0 Å². The van der Waals surface area contributed by atoms with Gasteiger partial charge in [0.2, 0.25) is 0 Å². The van der Waals surface area contributed by atoms with Crippen LogP contribution >= 0.6 is 0 Å². The van der Waals surface area contributed by atoms with Gasteiger partial charge in [-0.1, -0.05) is 139 Å². The zero-order valence-corrected chi connectivity index (χ0v) is 37.6. The van der Waals surface area contributed by atoms with Crippen LogP contribution in [0.15, 0.2) is 60.8 Å². The van der Waals surface area contributed by atoms with Gasteiger partial charge in [-0.25, -0.2) is 0 Å². The molecule has 1 saturated heterocycles. The summed E-state index contributed by atoms with van der Waals surface area (Å²) in [5, 5.41) is 30.9. The van der Waals surface area contributed by atoms with Crippen LogP contribution in [-0.2, 0) is 38.7 Å². The van der Waals surface area contributed by atoms with Crippen molar-refractivity contribution in [2.75, 3.05) is 19.0 Å². The van der Waals surface area contributed by atoms with Gasteiger partial charge in [0, 0.05) is 12.8 Å². The van der Waals surface area contributed by atoms with E-state index in [2.05, 4.69) is 74.6 Å². The van der Waals surface area contributed by atoms with Crippen LogP contribution in [0.4, 0.5) is 0 Å². The molecule has 60 heavy (non-hydrogen) atoms. The number of hydrogen-bond acceptors (Lipinski definition) is 11. The number of hydrogen-bond donors (Lipinski definition) is 4. The Kier molecular flexibility index (Phi) is 34.1. The molecule has 1 fully saturated rings. The lowest BCUT2D eigenvalue weighted by atomic mass is 10.00. The van der Waals surface area contributed by atoms with Crippen LogP contribution in [0, 0.1) is 0 Å². The normalized spacial score (nSPS) is 20.7. The molecule has 4 N–H and O–H groups in total. The molecule has 1 aliphatic rings. The van der Waals surface area contributed by atoms with Gasteiger partial charge < -0.3 is 34.3 Å². The Morgan fingerprint density at radius 3 is 1.57 bits per heavy atom. The molecule has 0 spiro atoms. The van der Waals surface area contributed by atoms with Crippen molar-refractivity contribution in [1.29, 1.82) is 0 Å². The zero-order chi connectivity index (χ0) is 44.1. The predicted octanol–water partition coefficient (Wildman–Crippen LogP) is 9.34. The summed E-state index contributed by atoms with van der Waals surface area (Å²) in [5.41, 5.74) is 0. The quantitative estimate of drug-likeness (QED) is 0.0201. The average molecular weight is 869 g/mol. The molecule has 0 aliphatic carbocycles. The molecule has 0 aromatic rings. The van der Waals surface area contributed by atoms with E-state index in [1.54, 1.807) is 0 Å². The third-order valence-electron chi connectivity index (χ3n) is 10.1. The van der Waals surface area contributed by atoms with Gasteiger partial charge in [-0.3, -0.25) is 14.1 Å². The average Bonchev–Trinajstić information content (AvgIpc) is 3.21. The molecular formula is C47H80O12S. The Morgan fingerprint density at radius 2 is 1.03 bits per heavy atom. The SMILES string of the molecule is CCC/C=C/C/C=C/C/C=C/C/C=C/CCCCCC(=O)OC[C@H](CO[C@H]1O[C@H](CS(=O)(=O)O)[C@@H](O)C(O)C1O)OC(=O)CCCCC/C=C/CCCCCCCCCC. The molecule has 346 valence electrons. The van der Waals surface area contributed by atoms with Crippen molar-refractivity contribution in [3.05, 3.63) is 60.8 Å². The molecule has 0 aromatic heterocycles. The van der Waals surface area contributed by atoms with E-state index in [1.807, 2.05) is 0 Å². The largest absolute Gasteiger partial charge is 0.462 e. The Morgan fingerprint density at radius 1 is 0.567 bits per heavy atom. The van der Waals surface area contributed by atoms with Gasteiger partial charge in [0.05, 0.1) is 6.61 Å². The highest BCUT2D eigenvalue weighted by Crippen LogP contribution is 2.24. The van der Waals surface area contributed by atoms with E-state index >= 15 is 0 Å². The van der Waals surface area contributed by atoms with E-state index in [0.29, 0.717) is 12.8 Å². The number of allylic oxidation sites excluding steroid dienone is 10. The van der Waals surface area contributed by atoms with Crippen molar-refractivity contribution in [3.8, 4) is 0 Å². The fourth-order valence-corrected chi connectivity index (χ4v) is 7.18. The van der Waals surface area contributed by atoms with E-state index in [-0.39, 0.29) is 19.4 Å². The molecule has 1 rings (SSSR count). The Hall–Kier alpha value is -2.65. The van der Waals surface area contributed by atoms with Gasteiger partial charge >= 0.3 is 11.9 Å². The third-order valence-corrected chi connectivity index (χ3v) is 10.8. The first-order valence-corrected chi connectivity index (χ1v) is 24.5. The van der Waals surface area contributed by atoms with Crippen molar-refractivity contribution in [2.24, 2.45) is 0 Å². The number of esters is 2. The minimum Gasteiger partial charge on any atom is -0.462 e. The topological polar surface area (TPSA) is 186 Å². The number of carbonyl (C=O) groups excluding carboxylic acids is 2. The molecule has 0 radical (unpaired) electrons. The first-order valence-electron chi connectivity index (χ1n) is 22.8.